The Bertz CT molecular complexity index is 169. The van der Waals surface area contributed by atoms with Gasteiger partial charge < -0.3 is 13.3 Å². The summed E-state index contributed by atoms with van der Waals surface area (Å²) in [6.07, 6.45) is 0. The minimum absolute atomic E-state index is 0.273. The quantitative estimate of drug-likeness (QED) is 0.641. The van der Waals surface area contributed by atoms with Gasteiger partial charge in [-0.1, -0.05) is 6.58 Å². The Balaban J connectivity index is 4.56. The summed E-state index contributed by atoms with van der Waals surface area (Å²) in [6, 6.07) is 0. The van der Waals surface area contributed by atoms with Gasteiger partial charge in [-0.15, -0.1) is 0 Å². The van der Waals surface area contributed by atoms with Gasteiger partial charge in [0, 0.05) is 13.2 Å². The van der Waals surface area contributed by atoms with Crippen molar-refractivity contribution in [1.82, 2.24) is 0 Å². The average Bonchev–Trinajstić information content (AvgIpc) is 2.02. The van der Waals surface area contributed by atoms with Crippen molar-refractivity contribution in [2.45, 2.75) is 40.2 Å². The van der Waals surface area contributed by atoms with Crippen molar-refractivity contribution in [3.05, 3.63) is 12.3 Å². The van der Waals surface area contributed by atoms with Gasteiger partial charge in [0.1, 0.15) is 0 Å². The van der Waals surface area contributed by atoms with Gasteiger partial charge >= 0.3 is 8.80 Å². The van der Waals surface area contributed by atoms with E-state index < -0.39 is 8.80 Å². The van der Waals surface area contributed by atoms with Gasteiger partial charge in [-0.05, 0) is 40.3 Å². The summed E-state index contributed by atoms with van der Waals surface area (Å²) in [4.78, 5) is 0. The zero-order valence-electron chi connectivity index (χ0n) is 9.92. The van der Waals surface area contributed by atoms with E-state index in [1.54, 1.807) is 5.70 Å². The number of hydrogen-bond acceptors (Lipinski definition) is 3. The van der Waals surface area contributed by atoms with Crippen LogP contribution in [0, 0.1) is 0 Å². The van der Waals surface area contributed by atoms with Gasteiger partial charge in [0.15, 0.2) is 0 Å². The molecule has 0 spiro atoms. The van der Waals surface area contributed by atoms with Crippen molar-refractivity contribution in [2.24, 2.45) is 0 Å². The van der Waals surface area contributed by atoms with Crippen LogP contribution < -0.4 is 0 Å². The molecule has 14 heavy (non-hydrogen) atoms. The van der Waals surface area contributed by atoms with Crippen molar-refractivity contribution in [2.75, 3.05) is 13.2 Å². The smallest absolute Gasteiger partial charge is 0.371 e. The molecule has 0 unspecified atom stereocenters. The molecule has 0 saturated carbocycles. The summed E-state index contributed by atoms with van der Waals surface area (Å²) in [5.41, 5.74) is 1.41. The highest BCUT2D eigenvalue weighted by atomic mass is 28.4. The summed E-state index contributed by atoms with van der Waals surface area (Å²) in [6.45, 7) is 14.7. The Kier molecular flexibility index (Phi) is 5.59. The summed E-state index contributed by atoms with van der Waals surface area (Å²) < 4.78 is 17.0. The standard InChI is InChI=1S/C10H22O3Si/c1-7-11-14(9-3,12-8-2)13-10(4,5)6/h9H,3,7-8H2,1-2,4-6H3. The fraction of sp³-hybridized carbons (Fsp3) is 0.800. The first-order chi connectivity index (χ1) is 6.39. The average molecular weight is 218 g/mol. The maximum atomic E-state index is 5.83. The van der Waals surface area contributed by atoms with Crippen LogP contribution in [-0.4, -0.2) is 27.6 Å². The fourth-order valence-electron chi connectivity index (χ4n) is 1.09. The molecule has 0 aliphatic rings. The van der Waals surface area contributed by atoms with Crippen LogP contribution in [0.3, 0.4) is 0 Å². The Hall–Kier alpha value is -0.163. The highest BCUT2D eigenvalue weighted by Gasteiger charge is 2.41. The monoisotopic (exact) mass is 218 g/mol. The Morgan fingerprint density at radius 2 is 1.57 bits per heavy atom. The van der Waals surface area contributed by atoms with Crippen LogP contribution >= 0.6 is 0 Å². The third-order valence-corrected chi connectivity index (χ3v) is 4.17. The van der Waals surface area contributed by atoms with E-state index in [1.807, 2.05) is 34.6 Å². The predicted molar refractivity (Wildman–Crippen MR) is 60.0 cm³/mol. The Labute approximate surface area is 88.4 Å². The van der Waals surface area contributed by atoms with Crippen LogP contribution in [0.2, 0.25) is 0 Å². The van der Waals surface area contributed by atoms with Crippen LogP contribution in [0.5, 0.6) is 0 Å². The van der Waals surface area contributed by atoms with Crippen molar-refractivity contribution in [3.63, 3.8) is 0 Å². The normalized spacial score (nSPS) is 12.9. The zero-order chi connectivity index (χ0) is 11.2. The molecule has 0 rings (SSSR count). The van der Waals surface area contributed by atoms with Gasteiger partial charge in [-0.2, -0.15) is 0 Å². The van der Waals surface area contributed by atoms with E-state index >= 15 is 0 Å². The third kappa shape index (κ3) is 4.90. The maximum Gasteiger partial charge on any atom is 0.529 e. The molecule has 3 nitrogen and oxygen atoms in total. The van der Waals surface area contributed by atoms with Gasteiger partial charge in [0.2, 0.25) is 0 Å². The van der Waals surface area contributed by atoms with Crippen LogP contribution in [0.4, 0.5) is 0 Å². The lowest BCUT2D eigenvalue weighted by Gasteiger charge is -2.32. The molecule has 0 aliphatic carbocycles. The summed E-state index contributed by atoms with van der Waals surface area (Å²) in [5.74, 6) is 0. The summed E-state index contributed by atoms with van der Waals surface area (Å²) in [5, 5.41) is 0. The molecule has 0 bridgehead atoms. The fourth-order valence-corrected chi connectivity index (χ4v) is 3.27. The highest BCUT2D eigenvalue weighted by molar-refractivity contribution is 6.66. The zero-order valence-corrected chi connectivity index (χ0v) is 10.9. The van der Waals surface area contributed by atoms with E-state index in [1.165, 1.54) is 0 Å². The molecular formula is C10H22O3Si. The van der Waals surface area contributed by atoms with Gasteiger partial charge in [0.25, 0.3) is 0 Å². The summed E-state index contributed by atoms with van der Waals surface area (Å²) >= 11 is 0. The van der Waals surface area contributed by atoms with E-state index in [0.717, 1.165) is 0 Å². The number of hydrogen-bond donors (Lipinski definition) is 0. The van der Waals surface area contributed by atoms with Crippen LogP contribution in [0.1, 0.15) is 34.6 Å². The molecule has 0 aromatic carbocycles. The first-order valence-corrected chi connectivity index (χ1v) is 6.81. The SMILES string of the molecule is C=C[Si](OCC)(OCC)OC(C)(C)C. The number of rotatable bonds is 6. The molecule has 0 aromatic rings. The molecule has 0 N–H and O–H groups in total. The van der Waals surface area contributed by atoms with Gasteiger partial charge in [0.05, 0.1) is 5.60 Å². The van der Waals surface area contributed by atoms with E-state index in [0.29, 0.717) is 13.2 Å². The molecule has 4 heteroatoms. The second-order valence-electron chi connectivity index (χ2n) is 3.89. The Morgan fingerprint density at radius 1 is 1.14 bits per heavy atom. The van der Waals surface area contributed by atoms with Crippen molar-refractivity contribution < 1.29 is 13.3 Å². The second-order valence-corrected chi connectivity index (χ2v) is 6.28. The minimum Gasteiger partial charge on any atom is -0.371 e. The van der Waals surface area contributed by atoms with Crippen molar-refractivity contribution >= 4 is 8.80 Å². The van der Waals surface area contributed by atoms with E-state index in [-0.39, 0.29) is 5.60 Å². The molecule has 0 heterocycles. The van der Waals surface area contributed by atoms with E-state index in [9.17, 15) is 0 Å². The molecule has 0 fully saturated rings. The van der Waals surface area contributed by atoms with Crippen molar-refractivity contribution in [3.8, 4) is 0 Å². The largest absolute Gasteiger partial charge is 0.529 e. The van der Waals surface area contributed by atoms with Crippen LogP contribution in [-0.2, 0) is 13.3 Å². The lowest BCUT2D eigenvalue weighted by atomic mass is 10.2. The topological polar surface area (TPSA) is 27.7 Å². The first-order valence-electron chi connectivity index (χ1n) is 5.00. The molecule has 0 amide bonds. The molecule has 0 aliphatic heterocycles. The molecule has 0 saturated heterocycles. The first kappa shape index (κ1) is 13.8. The van der Waals surface area contributed by atoms with E-state index in [4.69, 9.17) is 13.3 Å². The third-order valence-electron chi connectivity index (χ3n) is 1.39. The second kappa shape index (κ2) is 5.65. The van der Waals surface area contributed by atoms with E-state index in [2.05, 4.69) is 6.58 Å². The molecule has 0 atom stereocenters. The highest BCUT2D eigenvalue weighted by Crippen LogP contribution is 2.19. The maximum absolute atomic E-state index is 5.83. The van der Waals surface area contributed by atoms with Gasteiger partial charge in [-0.3, -0.25) is 0 Å². The van der Waals surface area contributed by atoms with Gasteiger partial charge in [-0.25, -0.2) is 0 Å². The molecule has 84 valence electrons. The lowest BCUT2D eigenvalue weighted by Crippen LogP contribution is -2.49. The van der Waals surface area contributed by atoms with Crippen molar-refractivity contribution in [1.29, 1.82) is 0 Å². The Morgan fingerprint density at radius 3 is 1.79 bits per heavy atom. The molecule has 0 radical (unpaired) electrons. The molecule has 0 aromatic heterocycles. The minimum atomic E-state index is -2.64. The molecular weight excluding hydrogens is 196 g/mol. The lowest BCUT2D eigenvalue weighted by molar-refractivity contribution is 0.00926. The predicted octanol–water partition coefficient (Wildman–Crippen LogP) is 2.54. The van der Waals surface area contributed by atoms with Crippen LogP contribution in [0.25, 0.3) is 0 Å². The summed E-state index contributed by atoms with van der Waals surface area (Å²) in [7, 11) is -2.64. The van der Waals surface area contributed by atoms with Crippen LogP contribution in [0.15, 0.2) is 12.3 Å².